The van der Waals surface area contributed by atoms with E-state index >= 15 is 0 Å². The molecule has 3 nitrogen and oxygen atoms in total. The number of benzene rings is 1. The highest BCUT2D eigenvalue weighted by Gasteiger charge is 2.34. The molecule has 0 saturated carbocycles. The lowest BCUT2D eigenvalue weighted by atomic mass is 9.83. The van der Waals surface area contributed by atoms with E-state index in [2.05, 4.69) is 75.1 Å². The molecule has 126 valence electrons. The molecule has 25 heavy (non-hydrogen) atoms. The fourth-order valence-corrected chi connectivity index (χ4v) is 4.56. The van der Waals surface area contributed by atoms with Crippen LogP contribution >= 0.6 is 0 Å². The van der Waals surface area contributed by atoms with Crippen LogP contribution in [0.25, 0.3) is 11.2 Å². The van der Waals surface area contributed by atoms with Crippen LogP contribution in [0.15, 0.2) is 67.0 Å². The Morgan fingerprint density at radius 2 is 1.92 bits per heavy atom. The summed E-state index contributed by atoms with van der Waals surface area (Å²) in [6, 6.07) is 18.6. The van der Waals surface area contributed by atoms with Gasteiger partial charge in [0, 0.05) is 31.0 Å². The van der Waals surface area contributed by atoms with Crippen LogP contribution in [0.1, 0.15) is 36.9 Å². The van der Waals surface area contributed by atoms with E-state index in [1.54, 1.807) is 0 Å². The van der Waals surface area contributed by atoms with Gasteiger partial charge in [0.25, 0.3) is 0 Å². The zero-order chi connectivity index (χ0) is 16.6. The van der Waals surface area contributed by atoms with E-state index < -0.39 is 0 Å². The molecule has 4 heterocycles. The average Bonchev–Trinajstić information content (AvgIpc) is 3.11. The lowest BCUT2D eigenvalue weighted by molar-refractivity contribution is 0.0950. The van der Waals surface area contributed by atoms with Crippen LogP contribution in [0.4, 0.5) is 0 Å². The van der Waals surface area contributed by atoms with Gasteiger partial charge in [-0.15, -0.1) is 0 Å². The second-order valence-corrected chi connectivity index (χ2v) is 7.27. The molecule has 0 N–H and O–H groups in total. The summed E-state index contributed by atoms with van der Waals surface area (Å²) in [6.45, 7) is 1.06. The van der Waals surface area contributed by atoms with Crippen molar-refractivity contribution in [2.45, 2.75) is 44.3 Å². The first-order valence-corrected chi connectivity index (χ1v) is 9.31. The standard InChI is InChI=1S/C22H23N3/c1-2-6-17(7-3-1)16-25-19-8-4-9-20(25)15-18(14-19)21-10-5-11-22-23-12-13-24(21)22/h1-3,5-7,10-14,19-20H,4,8-9,15-16H2. The Labute approximate surface area is 148 Å². The van der Waals surface area contributed by atoms with Crippen LogP contribution in [0.2, 0.25) is 0 Å². The lowest BCUT2D eigenvalue weighted by Gasteiger charge is -2.45. The third-order valence-corrected chi connectivity index (χ3v) is 5.75. The number of aromatic nitrogens is 2. The minimum Gasteiger partial charge on any atom is -0.300 e. The minimum atomic E-state index is 0.557. The molecule has 1 fully saturated rings. The Bertz CT molecular complexity index is 909. The summed E-state index contributed by atoms with van der Waals surface area (Å²) >= 11 is 0. The van der Waals surface area contributed by atoms with Crippen molar-refractivity contribution in [1.82, 2.24) is 14.3 Å². The summed E-state index contributed by atoms with van der Waals surface area (Å²) < 4.78 is 2.23. The summed E-state index contributed by atoms with van der Waals surface area (Å²) in [5.74, 6) is 0. The molecule has 0 amide bonds. The van der Waals surface area contributed by atoms with Gasteiger partial charge in [-0.25, -0.2) is 4.98 Å². The Balaban J connectivity index is 1.49. The predicted octanol–water partition coefficient (Wildman–Crippen LogP) is 4.54. The molecular formula is C22H23N3. The third kappa shape index (κ3) is 2.69. The van der Waals surface area contributed by atoms with Crippen molar-refractivity contribution in [1.29, 1.82) is 0 Å². The molecule has 2 aromatic heterocycles. The molecule has 2 aliphatic heterocycles. The van der Waals surface area contributed by atoms with E-state index in [9.17, 15) is 0 Å². The van der Waals surface area contributed by atoms with Crippen molar-refractivity contribution in [2.75, 3.05) is 0 Å². The maximum atomic E-state index is 4.44. The number of pyridine rings is 1. The fraction of sp³-hybridized carbons (Fsp3) is 0.318. The van der Waals surface area contributed by atoms with Gasteiger partial charge in [-0.05, 0) is 42.5 Å². The molecule has 2 unspecified atom stereocenters. The van der Waals surface area contributed by atoms with Gasteiger partial charge >= 0.3 is 0 Å². The Morgan fingerprint density at radius 1 is 1.00 bits per heavy atom. The topological polar surface area (TPSA) is 20.5 Å². The molecule has 0 radical (unpaired) electrons. The van der Waals surface area contributed by atoms with Crippen molar-refractivity contribution < 1.29 is 0 Å². The van der Waals surface area contributed by atoms with Gasteiger partial charge in [0.05, 0.1) is 5.69 Å². The van der Waals surface area contributed by atoms with E-state index in [0.29, 0.717) is 12.1 Å². The zero-order valence-electron chi connectivity index (χ0n) is 14.4. The smallest absolute Gasteiger partial charge is 0.137 e. The van der Waals surface area contributed by atoms with Crippen molar-refractivity contribution in [3.63, 3.8) is 0 Å². The second kappa shape index (κ2) is 6.16. The molecule has 0 aliphatic carbocycles. The highest BCUT2D eigenvalue weighted by atomic mass is 15.2. The molecule has 2 aliphatic rings. The molecule has 1 saturated heterocycles. The SMILES string of the molecule is C1=C(c2cccc3nccn23)CC2CCCC1N2Cc1ccccc1. The largest absolute Gasteiger partial charge is 0.300 e. The van der Waals surface area contributed by atoms with Crippen LogP contribution < -0.4 is 0 Å². The first-order chi connectivity index (χ1) is 12.4. The van der Waals surface area contributed by atoms with E-state index in [1.165, 1.54) is 36.1 Å². The number of hydrogen-bond donors (Lipinski definition) is 0. The van der Waals surface area contributed by atoms with Crippen molar-refractivity contribution in [2.24, 2.45) is 0 Å². The van der Waals surface area contributed by atoms with E-state index in [0.717, 1.165) is 18.6 Å². The first-order valence-electron chi connectivity index (χ1n) is 9.31. The van der Waals surface area contributed by atoms with Gasteiger partial charge in [0.2, 0.25) is 0 Å². The van der Waals surface area contributed by atoms with E-state index in [-0.39, 0.29) is 0 Å². The monoisotopic (exact) mass is 329 g/mol. The highest BCUT2D eigenvalue weighted by Crippen LogP contribution is 2.38. The number of imidazole rings is 1. The molecule has 2 atom stereocenters. The van der Waals surface area contributed by atoms with Crippen LogP contribution in [0.3, 0.4) is 0 Å². The van der Waals surface area contributed by atoms with Crippen LogP contribution in [0, 0.1) is 0 Å². The Morgan fingerprint density at radius 3 is 2.80 bits per heavy atom. The summed E-state index contributed by atoms with van der Waals surface area (Å²) in [5.41, 5.74) is 5.26. The maximum Gasteiger partial charge on any atom is 0.137 e. The summed E-state index contributed by atoms with van der Waals surface area (Å²) in [6.07, 6.45) is 11.6. The number of nitrogens with zero attached hydrogens (tertiary/aromatic N) is 3. The number of piperidine rings is 1. The van der Waals surface area contributed by atoms with Crippen LogP contribution in [-0.2, 0) is 6.54 Å². The van der Waals surface area contributed by atoms with Crippen molar-refractivity contribution in [3.8, 4) is 0 Å². The molecule has 5 rings (SSSR count). The van der Waals surface area contributed by atoms with Crippen molar-refractivity contribution in [3.05, 3.63) is 78.3 Å². The third-order valence-electron chi connectivity index (χ3n) is 5.75. The molecule has 3 heteroatoms. The Hall–Kier alpha value is -2.39. The van der Waals surface area contributed by atoms with Crippen molar-refractivity contribution >= 4 is 11.2 Å². The van der Waals surface area contributed by atoms with Crippen LogP contribution in [-0.4, -0.2) is 26.4 Å². The molecule has 1 aromatic carbocycles. The van der Waals surface area contributed by atoms with E-state index in [1.807, 2.05) is 6.20 Å². The number of fused-ring (bicyclic) bond motifs is 3. The number of hydrogen-bond acceptors (Lipinski definition) is 2. The lowest BCUT2D eigenvalue weighted by Crippen LogP contribution is -2.47. The van der Waals surface area contributed by atoms with Crippen LogP contribution in [0.5, 0.6) is 0 Å². The Kier molecular flexibility index (Phi) is 3.67. The molecule has 3 aromatic rings. The average molecular weight is 329 g/mol. The van der Waals surface area contributed by atoms with Gasteiger partial charge in [-0.2, -0.15) is 0 Å². The zero-order valence-corrected chi connectivity index (χ0v) is 14.4. The summed E-state index contributed by atoms with van der Waals surface area (Å²) in [4.78, 5) is 7.16. The van der Waals surface area contributed by atoms with Gasteiger partial charge in [0.1, 0.15) is 5.65 Å². The second-order valence-electron chi connectivity index (χ2n) is 7.27. The molecule has 2 bridgehead atoms. The van der Waals surface area contributed by atoms with E-state index in [4.69, 9.17) is 0 Å². The quantitative estimate of drug-likeness (QED) is 0.703. The van der Waals surface area contributed by atoms with Gasteiger partial charge in [0.15, 0.2) is 0 Å². The fourth-order valence-electron chi connectivity index (χ4n) is 4.56. The summed E-state index contributed by atoms with van der Waals surface area (Å²) in [5, 5.41) is 0. The highest BCUT2D eigenvalue weighted by molar-refractivity contribution is 5.67. The minimum absolute atomic E-state index is 0.557. The van der Waals surface area contributed by atoms with Gasteiger partial charge in [-0.3, -0.25) is 4.90 Å². The predicted molar refractivity (Wildman–Crippen MR) is 101 cm³/mol. The van der Waals surface area contributed by atoms with Gasteiger partial charge < -0.3 is 4.40 Å². The molecular weight excluding hydrogens is 306 g/mol. The normalized spacial score (nSPS) is 23.6. The van der Waals surface area contributed by atoms with Gasteiger partial charge in [-0.1, -0.05) is 48.9 Å². The first kappa shape index (κ1) is 14.9. The summed E-state index contributed by atoms with van der Waals surface area (Å²) in [7, 11) is 0. The maximum absolute atomic E-state index is 4.44. The number of rotatable bonds is 3. The molecule has 0 spiro atoms.